The van der Waals surface area contributed by atoms with Gasteiger partial charge in [-0.3, -0.25) is 0 Å². The fraction of sp³-hybridized carbons (Fsp3) is 1.00. The molecule has 102 valence electrons. The Morgan fingerprint density at radius 1 is 1.06 bits per heavy atom. The van der Waals surface area contributed by atoms with Crippen LogP contribution in [0.4, 0.5) is 0 Å². The van der Waals surface area contributed by atoms with Crippen LogP contribution in [0.15, 0.2) is 0 Å². The molecule has 0 aromatic heterocycles. The van der Waals surface area contributed by atoms with Crippen LogP contribution in [0.3, 0.4) is 0 Å². The van der Waals surface area contributed by atoms with E-state index in [-0.39, 0.29) is 0 Å². The van der Waals surface area contributed by atoms with Crippen LogP contribution in [-0.4, -0.2) is 18.6 Å². The van der Waals surface area contributed by atoms with Crippen molar-refractivity contribution in [1.82, 2.24) is 5.32 Å². The van der Waals surface area contributed by atoms with Crippen molar-refractivity contribution in [3.63, 3.8) is 0 Å². The molecular formula is C15H32N2. The average molecular weight is 240 g/mol. The molecule has 3 N–H and O–H groups in total. The molecule has 0 heterocycles. The van der Waals surface area contributed by atoms with Gasteiger partial charge in [0.2, 0.25) is 0 Å². The van der Waals surface area contributed by atoms with Crippen molar-refractivity contribution in [2.75, 3.05) is 6.54 Å². The third-order valence-corrected chi connectivity index (χ3v) is 4.09. The topological polar surface area (TPSA) is 38.0 Å². The molecule has 0 spiro atoms. The van der Waals surface area contributed by atoms with E-state index >= 15 is 0 Å². The quantitative estimate of drug-likeness (QED) is 0.699. The van der Waals surface area contributed by atoms with Gasteiger partial charge in [-0.1, -0.05) is 46.5 Å². The fourth-order valence-electron chi connectivity index (χ4n) is 3.12. The Morgan fingerprint density at radius 2 is 1.65 bits per heavy atom. The van der Waals surface area contributed by atoms with Gasteiger partial charge in [0.25, 0.3) is 0 Å². The number of hydrogen-bond acceptors (Lipinski definition) is 2. The normalized spacial score (nSPS) is 22.4. The molecule has 2 nitrogen and oxygen atoms in total. The predicted octanol–water partition coefficient (Wildman–Crippen LogP) is 3.31. The van der Waals surface area contributed by atoms with Crippen molar-refractivity contribution in [2.24, 2.45) is 17.6 Å². The number of hydrogen-bond donors (Lipinski definition) is 2. The lowest BCUT2D eigenvalue weighted by molar-refractivity contribution is 0.289. The van der Waals surface area contributed by atoms with Gasteiger partial charge in [0.05, 0.1) is 0 Å². The van der Waals surface area contributed by atoms with Crippen molar-refractivity contribution in [2.45, 2.75) is 77.8 Å². The zero-order valence-electron chi connectivity index (χ0n) is 12.0. The van der Waals surface area contributed by atoms with Crippen LogP contribution in [0.5, 0.6) is 0 Å². The first-order valence-electron chi connectivity index (χ1n) is 7.59. The maximum Gasteiger partial charge on any atom is 0.0218 e. The Kier molecular flexibility index (Phi) is 7.14. The summed E-state index contributed by atoms with van der Waals surface area (Å²) in [7, 11) is 0. The maximum atomic E-state index is 5.94. The predicted molar refractivity (Wildman–Crippen MR) is 76.1 cm³/mol. The molecule has 0 radical (unpaired) electrons. The SMILES string of the molecule is CC(C)CC(C)C(CN)NC1CCCCCC1. The highest BCUT2D eigenvalue weighted by molar-refractivity contribution is 4.81. The van der Waals surface area contributed by atoms with E-state index in [1.54, 1.807) is 0 Å². The van der Waals surface area contributed by atoms with Gasteiger partial charge in [-0.25, -0.2) is 0 Å². The molecule has 0 bridgehead atoms. The molecule has 2 unspecified atom stereocenters. The Bertz CT molecular complexity index is 183. The summed E-state index contributed by atoms with van der Waals surface area (Å²) in [6.45, 7) is 7.73. The summed E-state index contributed by atoms with van der Waals surface area (Å²) in [5.74, 6) is 1.47. The molecule has 0 aromatic rings. The Labute approximate surface area is 108 Å². The van der Waals surface area contributed by atoms with Gasteiger partial charge >= 0.3 is 0 Å². The average Bonchev–Trinajstić information content (AvgIpc) is 2.53. The lowest BCUT2D eigenvalue weighted by atomic mass is 9.91. The molecule has 0 saturated heterocycles. The van der Waals surface area contributed by atoms with E-state index < -0.39 is 0 Å². The van der Waals surface area contributed by atoms with Crippen LogP contribution in [-0.2, 0) is 0 Å². The third kappa shape index (κ3) is 5.87. The lowest BCUT2D eigenvalue weighted by Gasteiger charge is -2.29. The zero-order chi connectivity index (χ0) is 12.7. The van der Waals surface area contributed by atoms with Crippen molar-refractivity contribution >= 4 is 0 Å². The van der Waals surface area contributed by atoms with Gasteiger partial charge in [0.1, 0.15) is 0 Å². The molecule has 1 rings (SSSR count). The minimum Gasteiger partial charge on any atom is -0.329 e. The van der Waals surface area contributed by atoms with Gasteiger partial charge < -0.3 is 11.1 Å². The van der Waals surface area contributed by atoms with E-state index in [1.165, 1.54) is 44.9 Å². The second kappa shape index (κ2) is 8.10. The van der Waals surface area contributed by atoms with Gasteiger partial charge in [-0.2, -0.15) is 0 Å². The van der Waals surface area contributed by atoms with Gasteiger partial charge in [0, 0.05) is 18.6 Å². The van der Waals surface area contributed by atoms with Gasteiger partial charge in [-0.05, 0) is 31.1 Å². The Balaban J connectivity index is 2.38. The van der Waals surface area contributed by atoms with E-state index in [0.29, 0.717) is 12.0 Å². The zero-order valence-corrected chi connectivity index (χ0v) is 12.0. The highest BCUT2D eigenvalue weighted by Gasteiger charge is 2.21. The molecule has 1 aliphatic carbocycles. The molecule has 1 fully saturated rings. The first kappa shape index (κ1) is 15.0. The van der Waals surface area contributed by atoms with E-state index in [9.17, 15) is 0 Å². The third-order valence-electron chi connectivity index (χ3n) is 4.09. The molecule has 0 amide bonds. The first-order chi connectivity index (χ1) is 8.13. The van der Waals surface area contributed by atoms with Crippen molar-refractivity contribution in [3.05, 3.63) is 0 Å². The second-order valence-corrected chi connectivity index (χ2v) is 6.30. The largest absolute Gasteiger partial charge is 0.329 e. The Hall–Kier alpha value is -0.0800. The minimum atomic E-state index is 0.514. The minimum absolute atomic E-state index is 0.514. The summed E-state index contributed by atoms with van der Waals surface area (Å²) >= 11 is 0. The van der Waals surface area contributed by atoms with Crippen LogP contribution in [0.25, 0.3) is 0 Å². The number of nitrogens with one attached hydrogen (secondary N) is 1. The maximum absolute atomic E-state index is 5.94. The smallest absolute Gasteiger partial charge is 0.0218 e. The standard InChI is InChI=1S/C15H32N2/c1-12(2)10-13(3)15(11-16)17-14-8-6-4-5-7-9-14/h12-15,17H,4-11,16H2,1-3H3. The summed E-state index contributed by atoms with van der Waals surface area (Å²) in [5.41, 5.74) is 5.94. The molecule has 0 aromatic carbocycles. The van der Waals surface area contributed by atoms with Crippen molar-refractivity contribution in [1.29, 1.82) is 0 Å². The van der Waals surface area contributed by atoms with Crippen molar-refractivity contribution < 1.29 is 0 Å². The van der Waals surface area contributed by atoms with Crippen LogP contribution in [0.2, 0.25) is 0 Å². The second-order valence-electron chi connectivity index (χ2n) is 6.30. The summed E-state index contributed by atoms with van der Waals surface area (Å²) in [5, 5.41) is 3.83. The summed E-state index contributed by atoms with van der Waals surface area (Å²) in [6, 6.07) is 1.24. The molecule has 2 atom stereocenters. The number of nitrogens with two attached hydrogens (primary N) is 1. The van der Waals surface area contributed by atoms with Crippen LogP contribution in [0, 0.1) is 11.8 Å². The lowest BCUT2D eigenvalue weighted by Crippen LogP contribution is -2.46. The van der Waals surface area contributed by atoms with Crippen molar-refractivity contribution in [3.8, 4) is 0 Å². The fourth-order valence-corrected chi connectivity index (χ4v) is 3.12. The highest BCUT2D eigenvalue weighted by atomic mass is 15.0. The molecular weight excluding hydrogens is 208 g/mol. The molecule has 17 heavy (non-hydrogen) atoms. The highest BCUT2D eigenvalue weighted by Crippen LogP contribution is 2.20. The molecule has 1 aliphatic rings. The molecule has 2 heteroatoms. The van der Waals surface area contributed by atoms with E-state index in [2.05, 4.69) is 26.1 Å². The Morgan fingerprint density at radius 3 is 2.12 bits per heavy atom. The van der Waals surface area contributed by atoms with E-state index in [4.69, 9.17) is 5.73 Å². The first-order valence-corrected chi connectivity index (χ1v) is 7.59. The van der Waals surface area contributed by atoms with Crippen LogP contribution in [0.1, 0.15) is 65.7 Å². The van der Waals surface area contributed by atoms with E-state index in [0.717, 1.165) is 18.5 Å². The van der Waals surface area contributed by atoms with Crippen LogP contribution < -0.4 is 11.1 Å². The molecule has 1 saturated carbocycles. The van der Waals surface area contributed by atoms with Gasteiger partial charge in [0.15, 0.2) is 0 Å². The summed E-state index contributed by atoms with van der Waals surface area (Å²) in [4.78, 5) is 0. The summed E-state index contributed by atoms with van der Waals surface area (Å²) in [6.07, 6.45) is 9.62. The monoisotopic (exact) mass is 240 g/mol. The van der Waals surface area contributed by atoms with Crippen LogP contribution >= 0.6 is 0 Å². The molecule has 0 aliphatic heterocycles. The number of rotatable bonds is 6. The van der Waals surface area contributed by atoms with Gasteiger partial charge in [-0.15, -0.1) is 0 Å². The van der Waals surface area contributed by atoms with E-state index in [1.807, 2.05) is 0 Å². The summed E-state index contributed by atoms with van der Waals surface area (Å²) < 4.78 is 0.